The average molecular weight is 589 g/mol. The predicted octanol–water partition coefficient (Wildman–Crippen LogP) is 7.13. The van der Waals surface area contributed by atoms with Gasteiger partial charge in [-0.05, 0) is 53.7 Å². The summed E-state index contributed by atoms with van der Waals surface area (Å²) in [7, 11) is 0. The van der Waals surface area contributed by atoms with Crippen LogP contribution in [0.3, 0.4) is 0 Å². The molecule has 1 aliphatic rings. The first-order chi connectivity index (χ1) is 19.1. The Balaban J connectivity index is 1.54. The first-order valence-corrected chi connectivity index (χ1v) is 17.4. The van der Waals surface area contributed by atoms with Gasteiger partial charge in [-0.1, -0.05) is 91.0 Å². The second kappa shape index (κ2) is 16.0. The lowest BCUT2D eigenvalue weighted by Gasteiger charge is -2.27. The summed E-state index contributed by atoms with van der Waals surface area (Å²) in [4.78, 5) is 0. The zero-order valence-corrected chi connectivity index (χ0v) is 25.0. The fourth-order valence-corrected chi connectivity index (χ4v) is 9.53. The minimum Gasteiger partial charge on any atom is -0.374 e. The van der Waals surface area contributed by atoms with Gasteiger partial charge in [0.1, 0.15) is 23.7 Å². The van der Waals surface area contributed by atoms with Crippen LogP contribution >= 0.6 is 17.1 Å². The van der Waals surface area contributed by atoms with Crippen molar-refractivity contribution in [2.45, 2.75) is 57.4 Å². The molecule has 0 aromatic heterocycles. The predicted molar refractivity (Wildman–Crippen MR) is 160 cm³/mol. The van der Waals surface area contributed by atoms with Gasteiger partial charge >= 0.3 is 0 Å². The van der Waals surface area contributed by atoms with Crippen molar-refractivity contribution in [1.82, 2.24) is 0 Å². The topological polar surface area (TPSA) is 55.4 Å². The summed E-state index contributed by atoms with van der Waals surface area (Å²) in [6, 6.07) is 30.3. The van der Waals surface area contributed by atoms with Crippen molar-refractivity contribution in [3.63, 3.8) is 0 Å². The third-order valence-corrected chi connectivity index (χ3v) is 11.5. The number of rotatable bonds is 16. The Morgan fingerprint density at radius 1 is 0.692 bits per heavy atom. The van der Waals surface area contributed by atoms with E-state index in [1.807, 2.05) is 105 Å². The van der Waals surface area contributed by atoms with E-state index in [2.05, 4.69) is 0 Å². The Bertz CT molecular complexity index is 1130. The second-order valence-corrected chi connectivity index (χ2v) is 15.3. The van der Waals surface area contributed by atoms with Crippen molar-refractivity contribution in [2.75, 3.05) is 19.8 Å². The Kier molecular flexibility index (Phi) is 12.5. The standard InChI is InChI=1S/C30H37O6PS2/c1-3-34-37(38,35-4-2)39-30-29(33-22-26-18-12-7-13-19-26)28(32-21-25-16-10-6-11-17-25)27(36-30)23-31-20-24-14-8-5-9-15-24/h5-19,27-30H,3-4,20-23H2,1-2H3/t27-,28+,29-,30-/m1/s1. The van der Waals surface area contributed by atoms with Gasteiger partial charge in [0, 0.05) is 0 Å². The molecule has 0 N–H and O–H groups in total. The molecule has 0 radical (unpaired) electrons. The molecule has 1 heterocycles. The van der Waals surface area contributed by atoms with Gasteiger partial charge in [-0.15, -0.1) is 0 Å². The average Bonchev–Trinajstić information content (AvgIpc) is 3.27. The maximum Gasteiger partial charge on any atom is 0.249 e. The Morgan fingerprint density at radius 3 is 1.64 bits per heavy atom. The van der Waals surface area contributed by atoms with Crippen LogP contribution < -0.4 is 0 Å². The molecule has 1 aliphatic heterocycles. The summed E-state index contributed by atoms with van der Waals surface area (Å²) in [6.45, 7) is 6.45. The molecule has 4 rings (SSSR count). The highest BCUT2D eigenvalue weighted by Crippen LogP contribution is 2.64. The molecular weight excluding hydrogens is 551 g/mol. The van der Waals surface area contributed by atoms with E-state index in [1.165, 1.54) is 11.4 Å². The molecule has 3 aromatic rings. The zero-order valence-electron chi connectivity index (χ0n) is 22.4. The number of benzene rings is 3. The van der Waals surface area contributed by atoms with Crippen LogP contribution in [-0.4, -0.2) is 43.6 Å². The Labute approximate surface area is 241 Å². The maximum atomic E-state index is 6.58. The van der Waals surface area contributed by atoms with Crippen LogP contribution in [0.4, 0.5) is 0 Å². The number of hydrogen-bond donors (Lipinski definition) is 0. The summed E-state index contributed by atoms with van der Waals surface area (Å²) < 4.78 is 37.6. The minimum atomic E-state index is -2.66. The summed E-state index contributed by atoms with van der Waals surface area (Å²) in [6.07, 6.45) is -1.15. The Hall–Kier alpha value is -1.58. The lowest BCUT2D eigenvalue weighted by atomic mass is 10.1. The van der Waals surface area contributed by atoms with Gasteiger partial charge in [0.15, 0.2) is 0 Å². The summed E-state index contributed by atoms with van der Waals surface area (Å²) >= 11 is 7.26. The van der Waals surface area contributed by atoms with Crippen molar-refractivity contribution in [3.8, 4) is 0 Å². The molecular formula is C30H37O6PS2. The molecule has 4 atom stereocenters. The van der Waals surface area contributed by atoms with E-state index >= 15 is 0 Å². The molecule has 0 amide bonds. The van der Waals surface area contributed by atoms with Gasteiger partial charge in [-0.25, -0.2) is 0 Å². The molecule has 0 spiro atoms. The third kappa shape index (κ3) is 9.49. The van der Waals surface area contributed by atoms with Crippen LogP contribution in [-0.2, 0) is 59.6 Å². The van der Waals surface area contributed by atoms with E-state index in [-0.39, 0.29) is 12.2 Å². The first kappa shape index (κ1) is 30.4. The summed E-state index contributed by atoms with van der Waals surface area (Å²) in [5, 5.41) is 0. The van der Waals surface area contributed by atoms with E-state index < -0.39 is 17.2 Å². The van der Waals surface area contributed by atoms with Crippen LogP contribution in [0.1, 0.15) is 30.5 Å². The maximum absolute atomic E-state index is 6.58. The fraction of sp³-hybridized carbons (Fsp3) is 0.400. The Morgan fingerprint density at radius 2 is 1.15 bits per heavy atom. The molecule has 9 heteroatoms. The van der Waals surface area contributed by atoms with Crippen molar-refractivity contribution in [3.05, 3.63) is 108 Å². The molecule has 6 nitrogen and oxygen atoms in total. The highest BCUT2D eigenvalue weighted by Gasteiger charge is 2.49. The van der Waals surface area contributed by atoms with E-state index in [0.717, 1.165) is 16.7 Å². The number of ether oxygens (including phenoxy) is 4. The molecule has 0 unspecified atom stereocenters. The van der Waals surface area contributed by atoms with E-state index in [9.17, 15) is 0 Å². The third-order valence-electron chi connectivity index (χ3n) is 6.04. The molecule has 0 bridgehead atoms. The fourth-order valence-electron chi connectivity index (χ4n) is 4.23. The van der Waals surface area contributed by atoms with Crippen molar-refractivity contribution in [1.29, 1.82) is 0 Å². The lowest BCUT2D eigenvalue weighted by molar-refractivity contribution is -0.0895. The van der Waals surface area contributed by atoms with E-state index in [0.29, 0.717) is 39.6 Å². The number of hydrogen-bond acceptors (Lipinski definition) is 8. The van der Waals surface area contributed by atoms with Crippen molar-refractivity contribution < 1.29 is 28.0 Å². The highest BCUT2D eigenvalue weighted by atomic mass is 32.9. The van der Waals surface area contributed by atoms with Crippen molar-refractivity contribution in [2.24, 2.45) is 0 Å². The van der Waals surface area contributed by atoms with Gasteiger partial charge in [0.05, 0.1) is 39.6 Å². The smallest absolute Gasteiger partial charge is 0.249 e. The summed E-state index contributed by atoms with van der Waals surface area (Å²) in [5.41, 5.74) is 0.150. The van der Waals surface area contributed by atoms with Crippen molar-refractivity contribution >= 4 is 28.9 Å². The molecule has 3 aromatic carbocycles. The van der Waals surface area contributed by atoms with Gasteiger partial charge in [0.25, 0.3) is 0 Å². The molecule has 0 saturated carbocycles. The van der Waals surface area contributed by atoms with Crippen LogP contribution in [0.25, 0.3) is 0 Å². The minimum absolute atomic E-state index is 0.350. The molecule has 1 fully saturated rings. The van der Waals surface area contributed by atoms with Gasteiger partial charge in [0.2, 0.25) is 5.69 Å². The lowest BCUT2D eigenvalue weighted by Crippen LogP contribution is -2.38. The van der Waals surface area contributed by atoms with Crippen LogP contribution in [0.15, 0.2) is 91.0 Å². The molecule has 0 aliphatic carbocycles. The highest BCUT2D eigenvalue weighted by molar-refractivity contribution is 8.68. The van der Waals surface area contributed by atoms with Crippen LogP contribution in [0, 0.1) is 0 Å². The quantitative estimate of drug-likeness (QED) is 0.164. The second-order valence-electron chi connectivity index (χ2n) is 8.95. The molecule has 1 saturated heterocycles. The van der Waals surface area contributed by atoms with Crippen LogP contribution in [0.5, 0.6) is 0 Å². The molecule has 39 heavy (non-hydrogen) atoms. The van der Waals surface area contributed by atoms with Gasteiger partial charge < -0.3 is 28.0 Å². The summed E-state index contributed by atoms with van der Waals surface area (Å²) in [5.74, 6) is 0. The zero-order chi connectivity index (χ0) is 27.3. The van der Waals surface area contributed by atoms with E-state index in [1.54, 1.807) is 0 Å². The van der Waals surface area contributed by atoms with Crippen LogP contribution in [0.2, 0.25) is 0 Å². The normalized spacial score (nSPS) is 21.3. The first-order valence-electron chi connectivity index (χ1n) is 13.3. The van der Waals surface area contributed by atoms with Gasteiger partial charge in [-0.2, -0.15) is 0 Å². The SMILES string of the molecule is CCOP(=S)(OCC)S[C@H]1O[C@H](COCc2ccccc2)[C@H](OCc2ccccc2)[C@H]1OCc1ccccc1. The largest absolute Gasteiger partial charge is 0.374 e. The van der Waals surface area contributed by atoms with E-state index in [4.69, 9.17) is 39.8 Å². The van der Waals surface area contributed by atoms with Gasteiger partial charge in [-0.3, -0.25) is 0 Å². The molecule has 210 valence electrons. The monoisotopic (exact) mass is 588 g/mol.